The Bertz CT molecular complexity index is 374. The van der Waals surface area contributed by atoms with Crippen molar-refractivity contribution in [3.63, 3.8) is 0 Å². The Hall–Kier alpha value is -0.340. The van der Waals surface area contributed by atoms with Crippen molar-refractivity contribution < 1.29 is 5.11 Å². The van der Waals surface area contributed by atoms with E-state index in [0.717, 1.165) is 12.3 Å². The summed E-state index contributed by atoms with van der Waals surface area (Å²) in [4.78, 5) is 1.42. The largest absolute Gasteiger partial charge is 0.392 e. The van der Waals surface area contributed by atoms with Crippen LogP contribution in [0.2, 0.25) is 0 Å². The smallest absolute Gasteiger partial charge is 0.0644 e. The number of aliphatic hydroxyl groups is 1. The predicted molar refractivity (Wildman–Crippen MR) is 81.7 cm³/mol. The van der Waals surface area contributed by atoms with E-state index in [1.54, 1.807) is 0 Å². The third kappa shape index (κ3) is 2.75. The topological polar surface area (TPSA) is 20.2 Å². The lowest BCUT2D eigenvalue weighted by Gasteiger charge is -2.45. The Morgan fingerprint density at radius 3 is 2.63 bits per heavy atom. The number of thiophene rings is 1. The molecule has 0 aliphatic heterocycles. The van der Waals surface area contributed by atoms with Gasteiger partial charge in [-0.15, -0.1) is 11.3 Å². The highest BCUT2D eigenvalue weighted by Gasteiger charge is 2.45. The highest BCUT2D eigenvalue weighted by Crippen LogP contribution is 2.49. The van der Waals surface area contributed by atoms with E-state index in [1.165, 1.54) is 62.7 Å². The van der Waals surface area contributed by atoms with Gasteiger partial charge in [-0.2, -0.15) is 0 Å². The summed E-state index contributed by atoms with van der Waals surface area (Å²) in [5, 5.41) is 12.8. The molecule has 2 fully saturated rings. The van der Waals surface area contributed by atoms with Crippen molar-refractivity contribution in [3.8, 4) is 0 Å². The van der Waals surface area contributed by atoms with Gasteiger partial charge >= 0.3 is 0 Å². The zero-order valence-electron chi connectivity index (χ0n) is 11.8. The fourth-order valence-electron chi connectivity index (χ4n) is 4.04. The van der Waals surface area contributed by atoms with E-state index in [-0.39, 0.29) is 11.5 Å². The fourth-order valence-corrected chi connectivity index (χ4v) is 5.07. The van der Waals surface area contributed by atoms with Gasteiger partial charge in [0, 0.05) is 10.3 Å². The summed E-state index contributed by atoms with van der Waals surface area (Å²) in [5.74, 6) is 0.964. The van der Waals surface area contributed by atoms with Crippen molar-refractivity contribution >= 4 is 11.3 Å². The highest BCUT2D eigenvalue weighted by atomic mass is 32.1. The van der Waals surface area contributed by atoms with Crippen molar-refractivity contribution in [2.75, 3.05) is 0 Å². The summed E-state index contributed by atoms with van der Waals surface area (Å²) >= 11 is 1.83. The van der Waals surface area contributed by atoms with Crippen molar-refractivity contribution in [1.82, 2.24) is 0 Å². The second kappa shape index (κ2) is 5.97. The van der Waals surface area contributed by atoms with Gasteiger partial charge < -0.3 is 5.11 Å². The molecule has 1 aromatic heterocycles. The molecule has 2 heteroatoms. The molecule has 2 saturated carbocycles. The molecule has 3 rings (SSSR count). The molecule has 0 aromatic carbocycles. The van der Waals surface area contributed by atoms with Crippen LogP contribution in [0.4, 0.5) is 0 Å². The molecule has 0 amide bonds. The maximum atomic E-state index is 10.7. The van der Waals surface area contributed by atoms with Crippen LogP contribution in [0.1, 0.15) is 69.1 Å². The lowest BCUT2D eigenvalue weighted by molar-refractivity contribution is 0.0221. The average Bonchev–Trinajstić information content (AvgIpc) is 2.99. The zero-order valence-corrected chi connectivity index (χ0v) is 12.6. The molecular formula is C17H26OS. The van der Waals surface area contributed by atoms with Crippen LogP contribution >= 0.6 is 11.3 Å². The molecule has 1 unspecified atom stereocenters. The minimum atomic E-state index is -0.110. The van der Waals surface area contributed by atoms with Gasteiger partial charge in [-0.1, -0.05) is 51.0 Å². The normalized spacial score (nSPS) is 24.3. The first-order valence-electron chi connectivity index (χ1n) is 8.03. The molecule has 1 N–H and O–H groups in total. The first-order chi connectivity index (χ1) is 9.31. The third-order valence-electron chi connectivity index (χ3n) is 5.46. The second-order valence-electron chi connectivity index (χ2n) is 6.58. The highest BCUT2D eigenvalue weighted by molar-refractivity contribution is 7.10. The molecule has 0 saturated heterocycles. The summed E-state index contributed by atoms with van der Waals surface area (Å²) in [6.45, 7) is 0. The zero-order chi connectivity index (χ0) is 13.1. The minimum absolute atomic E-state index is 0.110. The van der Waals surface area contributed by atoms with Crippen molar-refractivity contribution in [3.05, 3.63) is 22.4 Å². The van der Waals surface area contributed by atoms with Gasteiger partial charge in [-0.3, -0.25) is 0 Å². The van der Waals surface area contributed by atoms with Gasteiger partial charge in [-0.05, 0) is 36.6 Å². The monoisotopic (exact) mass is 278 g/mol. The quantitative estimate of drug-likeness (QED) is 0.785. The SMILES string of the molecule is OC(CCCC1CCCC1)C1(c2cccs2)CCC1. The molecule has 2 aliphatic carbocycles. The van der Waals surface area contributed by atoms with Crippen LogP contribution in [0.25, 0.3) is 0 Å². The molecule has 106 valence electrons. The van der Waals surface area contributed by atoms with E-state index in [9.17, 15) is 5.11 Å². The standard InChI is InChI=1S/C17H26OS/c18-15(9-3-8-14-6-1-2-7-14)17(11-5-12-17)16-10-4-13-19-16/h4,10,13-15,18H,1-3,5-9,11-12H2. The van der Waals surface area contributed by atoms with Crippen LogP contribution in [-0.4, -0.2) is 11.2 Å². The molecule has 2 aliphatic rings. The molecular weight excluding hydrogens is 252 g/mol. The van der Waals surface area contributed by atoms with E-state index < -0.39 is 0 Å². The molecule has 1 heterocycles. The molecule has 1 nitrogen and oxygen atoms in total. The van der Waals surface area contributed by atoms with Crippen LogP contribution in [0.5, 0.6) is 0 Å². The van der Waals surface area contributed by atoms with Gasteiger partial charge in [0.15, 0.2) is 0 Å². The molecule has 0 radical (unpaired) electrons. The Morgan fingerprint density at radius 2 is 2.05 bits per heavy atom. The van der Waals surface area contributed by atoms with Crippen LogP contribution in [-0.2, 0) is 5.41 Å². The summed E-state index contributed by atoms with van der Waals surface area (Å²) in [6.07, 6.45) is 12.9. The van der Waals surface area contributed by atoms with Crippen molar-refractivity contribution in [1.29, 1.82) is 0 Å². The fraction of sp³-hybridized carbons (Fsp3) is 0.765. The minimum Gasteiger partial charge on any atom is -0.392 e. The van der Waals surface area contributed by atoms with Crippen LogP contribution in [0, 0.1) is 5.92 Å². The van der Waals surface area contributed by atoms with Gasteiger partial charge in [0.2, 0.25) is 0 Å². The maximum Gasteiger partial charge on any atom is 0.0644 e. The van der Waals surface area contributed by atoms with Gasteiger partial charge in [0.1, 0.15) is 0 Å². The van der Waals surface area contributed by atoms with Crippen molar-refractivity contribution in [2.24, 2.45) is 5.92 Å². The summed E-state index contributed by atoms with van der Waals surface area (Å²) in [5.41, 5.74) is 0.129. The Morgan fingerprint density at radius 1 is 1.26 bits per heavy atom. The lowest BCUT2D eigenvalue weighted by Crippen LogP contribution is -2.44. The van der Waals surface area contributed by atoms with Crippen LogP contribution in [0.3, 0.4) is 0 Å². The Kier molecular flexibility index (Phi) is 4.28. The summed E-state index contributed by atoms with van der Waals surface area (Å²) in [7, 11) is 0. The number of aliphatic hydroxyl groups excluding tert-OH is 1. The van der Waals surface area contributed by atoms with Gasteiger partial charge in [-0.25, -0.2) is 0 Å². The van der Waals surface area contributed by atoms with E-state index >= 15 is 0 Å². The van der Waals surface area contributed by atoms with E-state index in [2.05, 4.69) is 17.5 Å². The van der Waals surface area contributed by atoms with Crippen LogP contribution < -0.4 is 0 Å². The Balaban J connectivity index is 1.52. The van der Waals surface area contributed by atoms with E-state index in [0.29, 0.717) is 0 Å². The number of hydrogen-bond acceptors (Lipinski definition) is 2. The summed E-state index contributed by atoms with van der Waals surface area (Å²) in [6, 6.07) is 4.36. The third-order valence-corrected chi connectivity index (χ3v) is 6.55. The van der Waals surface area contributed by atoms with Crippen LogP contribution in [0.15, 0.2) is 17.5 Å². The van der Waals surface area contributed by atoms with Crippen molar-refractivity contribution in [2.45, 2.75) is 75.7 Å². The first-order valence-corrected chi connectivity index (χ1v) is 8.91. The molecule has 1 atom stereocenters. The average molecular weight is 278 g/mol. The molecule has 0 bridgehead atoms. The Labute approximate surface area is 121 Å². The number of hydrogen-bond donors (Lipinski definition) is 1. The molecule has 0 spiro atoms. The van der Waals surface area contributed by atoms with Gasteiger partial charge in [0.25, 0.3) is 0 Å². The lowest BCUT2D eigenvalue weighted by atomic mass is 9.63. The first kappa shape index (κ1) is 13.6. The molecule has 1 aromatic rings. The second-order valence-corrected chi connectivity index (χ2v) is 7.53. The summed E-state index contributed by atoms with van der Waals surface area (Å²) < 4.78 is 0. The predicted octanol–water partition coefficient (Wildman–Crippen LogP) is 4.89. The maximum absolute atomic E-state index is 10.7. The molecule has 19 heavy (non-hydrogen) atoms. The van der Waals surface area contributed by atoms with E-state index in [4.69, 9.17) is 0 Å². The number of rotatable bonds is 6. The van der Waals surface area contributed by atoms with Gasteiger partial charge in [0.05, 0.1) is 6.10 Å². The van der Waals surface area contributed by atoms with E-state index in [1.807, 2.05) is 11.3 Å².